The number of nitrogens with one attached hydrogen (secondary N) is 1. The summed E-state index contributed by atoms with van der Waals surface area (Å²) in [5.74, 6) is 5.94. The highest BCUT2D eigenvalue weighted by atomic mass is 35.5. The molecule has 0 fully saturated rings. The molecule has 1 aromatic carbocycles. The molecule has 0 aliphatic carbocycles. The average Bonchev–Trinajstić information content (AvgIpc) is 2.19. The van der Waals surface area contributed by atoms with Gasteiger partial charge in [-0.2, -0.15) is 0 Å². The molecule has 0 aromatic heterocycles. The Hall–Kier alpha value is -0.990. The van der Waals surface area contributed by atoms with Crippen LogP contribution >= 0.6 is 11.6 Å². The minimum Gasteiger partial charge on any atom is -0.324 e. The summed E-state index contributed by atoms with van der Waals surface area (Å²) in [4.78, 5) is 0. The van der Waals surface area contributed by atoms with Crippen LogP contribution in [0.1, 0.15) is 12.0 Å². The predicted octanol–water partition coefficient (Wildman–Crippen LogP) is 2.61. The van der Waals surface area contributed by atoms with Gasteiger partial charge in [-0.05, 0) is 24.1 Å². The van der Waals surface area contributed by atoms with E-state index in [9.17, 15) is 0 Å². The van der Waals surface area contributed by atoms with Crippen molar-refractivity contribution in [3.8, 4) is 0 Å². The van der Waals surface area contributed by atoms with E-state index in [1.807, 2.05) is 36.4 Å². The van der Waals surface area contributed by atoms with Gasteiger partial charge in [0.25, 0.3) is 0 Å². The van der Waals surface area contributed by atoms with Gasteiger partial charge in [-0.15, -0.1) is 11.6 Å². The van der Waals surface area contributed by atoms with Gasteiger partial charge in [0.15, 0.2) is 0 Å². The second kappa shape index (κ2) is 5.62. The largest absolute Gasteiger partial charge is 0.324 e. The van der Waals surface area contributed by atoms with Crippen LogP contribution in [-0.2, 0) is 0 Å². The number of nitrogen functional groups attached to an aromatic ring is 1. The lowest BCUT2D eigenvalue weighted by molar-refractivity contribution is 1.24. The highest BCUT2D eigenvalue weighted by Crippen LogP contribution is 2.10. The van der Waals surface area contributed by atoms with Gasteiger partial charge in [0.2, 0.25) is 0 Å². The van der Waals surface area contributed by atoms with Crippen molar-refractivity contribution in [3.05, 3.63) is 35.9 Å². The summed E-state index contributed by atoms with van der Waals surface area (Å²) in [5, 5.41) is 0. The van der Waals surface area contributed by atoms with E-state index in [4.69, 9.17) is 17.4 Å². The van der Waals surface area contributed by atoms with Crippen molar-refractivity contribution >= 4 is 23.4 Å². The second-order valence-corrected chi connectivity index (χ2v) is 3.03. The third-order valence-electron chi connectivity index (χ3n) is 1.64. The van der Waals surface area contributed by atoms with E-state index in [0.29, 0.717) is 5.88 Å². The van der Waals surface area contributed by atoms with Gasteiger partial charge in [-0.1, -0.05) is 24.3 Å². The number of hydrogen-bond acceptors (Lipinski definition) is 2. The number of hydrazine groups is 1. The standard InChI is InChI=1S/C10H13ClN2/c11-7-2-1-4-9-5-3-6-10(8-9)13-12/h1,3-6,8,13H,2,7,12H2. The van der Waals surface area contributed by atoms with Crippen LogP contribution in [0.3, 0.4) is 0 Å². The number of halogens is 1. The van der Waals surface area contributed by atoms with Crippen LogP contribution in [0.2, 0.25) is 0 Å². The lowest BCUT2D eigenvalue weighted by Gasteiger charge is -1.99. The predicted molar refractivity (Wildman–Crippen MR) is 58.6 cm³/mol. The Labute approximate surface area is 83.4 Å². The Morgan fingerprint density at radius 3 is 3.00 bits per heavy atom. The van der Waals surface area contributed by atoms with Crippen LogP contribution in [0.5, 0.6) is 0 Å². The van der Waals surface area contributed by atoms with E-state index < -0.39 is 0 Å². The first-order valence-corrected chi connectivity index (χ1v) is 4.69. The number of anilines is 1. The highest BCUT2D eigenvalue weighted by molar-refractivity contribution is 6.17. The molecule has 3 N–H and O–H groups in total. The molecule has 70 valence electrons. The highest BCUT2D eigenvalue weighted by Gasteiger charge is 1.89. The van der Waals surface area contributed by atoms with Crippen LogP contribution in [-0.4, -0.2) is 5.88 Å². The van der Waals surface area contributed by atoms with Crippen molar-refractivity contribution in [2.24, 2.45) is 5.84 Å². The molecular formula is C10H13ClN2. The maximum atomic E-state index is 5.54. The molecule has 0 aliphatic rings. The molecule has 0 atom stereocenters. The Balaban J connectivity index is 2.66. The summed E-state index contributed by atoms with van der Waals surface area (Å²) < 4.78 is 0. The molecule has 3 heteroatoms. The molecule has 13 heavy (non-hydrogen) atoms. The van der Waals surface area contributed by atoms with Crippen LogP contribution in [0.4, 0.5) is 5.69 Å². The number of nitrogens with two attached hydrogens (primary N) is 1. The molecule has 0 amide bonds. The van der Waals surface area contributed by atoms with E-state index in [1.54, 1.807) is 0 Å². The summed E-state index contributed by atoms with van der Waals surface area (Å²) in [6.07, 6.45) is 4.97. The van der Waals surface area contributed by atoms with E-state index in [1.165, 1.54) is 0 Å². The van der Waals surface area contributed by atoms with E-state index in [0.717, 1.165) is 17.7 Å². The van der Waals surface area contributed by atoms with Crippen molar-refractivity contribution < 1.29 is 0 Å². The van der Waals surface area contributed by atoms with Crippen LogP contribution in [0.15, 0.2) is 30.3 Å². The fourth-order valence-corrected chi connectivity index (χ4v) is 1.14. The zero-order valence-electron chi connectivity index (χ0n) is 7.33. The van der Waals surface area contributed by atoms with Gasteiger partial charge in [0, 0.05) is 11.6 Å². The number of hydrogen-bond donors (Lipinski definition) is 2. The average molecular weight is 197 g/mol. The van der Waals surface area contributed by atoms with E-state index in [-0.39, 0.29) is 0 Å². The van der Waals surface area contributed by atoms with Gasteiger partial charge < -0.3 is 5.43 Å². The third kappa shape index (κ3) is 3.49. The number of benzene rings is 1. The quantitative estimate of drug-likeness (QED) is 0.442. The number of alkyl halides is 1. The molecule has 0 unspecified atom stereocenters. The molecule has 0 saturated carbocycles. The smallest absolute Gasteiger partial charge is 0.0491 e. The molecule has 0 aliphatic heterocycles. The molecule has 0 bridgehead atoms. The van der Waals surface area contributed by atoms with Gasteiger partial charge in [-0.25, -0.2) is 0 Å². The minimum atomic E-state index is 0.658. The Morgan fingerprint density at radius 1 is 1.46 bits per heavy atom. The van der Waals surface area contributed by atoms with E-state index >= 15 is 0 Å². The van der Waals surface area contributed by atoms with Gasteiger partial charge in [0.05, 0.1) is 0 Å². The van der Waals surface area contributed by atoms with Crippen LogP contribution in [0.25, 0.3) is 6.08 Å². The molecule has 0 spiro atoms. The van der Waals surface area contributed by atoms with Crippen LogP contribution < -0.4 is 11.3 Å². The number of allylic oxidation sites excluding steroid dienone is 1. The normalized spacial score (nSPS) is 10.6. The Morgan fingerprint density at radius 2 is 2.31 bits per heavy atom. The SMILES string of the molecule is NNc1cccc(C=CCCCl)c1. The summed E-state index contributed by atoms with van der Waals surface area (Å²) in [6, 6.07) is 7.87. The summed E-state index contributed by atoms with van der Waals surface area (Å²) in [5.41, 5.74) is 4.63. The van der Waals surface area contributed by atoms with Crippen LogP contribution in [0, 0.1) is 0 Å². The Kier molecular flexibility index (Phi) is 4.36. The van der Waals surface area contributed by atoms with Gasteiger partial charge >= 0.3 is 0 Å². The summed E-state index contributed by atoms with van der Waals surface area (Å²) in [7, 11) is 0. The third-order valence-corrected chi connectivity index (χ3v) is 1.86. The molecule has 0 radical (unpaired) electrons. The zero-order chi connectivity index (χ0) is 9.52. The first-order valence-electron chi connectivity index (χ1n) is 4.16. The van der Waals surface area contributed by atoms with Crippen molar-refractivity contribution in [1.82, 2.24) is 0 Å². The molecule has 0 saturated heterocycles. The maximum Gasteiger partial charge on any atom is 0.0491 e. The van der Waals surface area contributed by atoms with Crippen molar-refractivity contribution in [2.45, 2.75) is 6.42 Å². The fourth-order valence-electron chi connectivity index (χ4n) is 1.01. The van der Waals surface area contributed by atoms with Crippen molar-refractivity contribution in [2.75, 3.05) is 11.3 Å². The van der Waals surface area contributed by atoms with Crippen molar-refractivity contribution in [3.63, 3.8) is 0 Å². The molecule has 1 rings (SSSR count). The van der Waals surface area contributed by atoms with Crippen molar-refractivity contribution in [1.29, 1.82) is 0 Å². The summed E-state index contributed by atoms with van der Waals surface area (Å²) >= 11 is 5.54. The first kappa shape index (κ1) is 10.1. The molecule has 1 aromatic rings. The molecular weight excluding hydrogens is 184 g/mol. The van der Waals surface area contributed by atoms with Gasteiger partial charge in [-0.3, -0.25) is 5.84 Å². The maximum absolute atomic E-state index is 5.54. The fraction of sp³-hybridized carbons (Fsp3) is 0.200. The molecule has 2 nitrogen and oxygen atoms in total. The van der Waals surface area contributed by atoms with E-state index in [2.05, 4.69) is 5.43 Å². The first-order chi connectivity index (χ1) is 6.36. The lowest BCUT2D eigenvalue weighted by Crippen LogP contribution is -2.06. The monoisotopic (exact) mass is 196 g/mol. The summed E-state index contributed by atoms with van der Waals surface area (Å²) in [6.45, 7) is 0. The Bertz CT molecular complexity index is 284. The van der Waals surface area contributed by atoms with Gasteiger partial charge in [0.1, 0.15) is 0 Å². The second-order valence-electron chi connectivity index (χ2n) is 2.65. The zero-order valence-corrected chi connectivity index (χ0v) is 8.09. The lowest BCUT2D eigenvalue weighted by atomic mass is 10.2. The number of rotatable bonds is 4. The minimum absolute atomic E-state index is 0.658. The topological polar surface area (TPSA) is 38.0 Å². The molecule has 0 heterocycles.